The van der Waals surface area contributed by atoms with Crippen molar-refractivity contribution >= 4 is 5.97 Å². The zero-order valence-electron chi connectivity index (χ0n) is 16.9. The normalized spacial score (nSPS) is 16.8. The van der Waals surface area contributed by atoms with Gasteiger partial charge in [0.15, 0.2) is 0 Å². The lowest BCUT2D eigenvalue weighted by Crippen LogP contribution is -2.42. The van der Waals surface area contributed by atoms with E-state index in [0.29, 0.717) is 18.9 Å². The Morgan fingerprint density at radius 3 is 2.04 bits per heavy atom. The Hall–Kier alpha value is -2.17. The number of carbonyl (C=O) groups excluding carboxylic acids is 1. The zero-order valence-corrected chi connectivity index (χ0v) is 16.9. The maximum absolute atomic E-state index is 11.7. The van der Waals surface area contributed by atoms with Crippen LogP contribution in [-0.2, 0) is 14.3 Å². The lowest BCUT2D eigenvalue weighted by molar-refractivity contribution is -0.145. The molecule has 0 radical (unpaired) electrons. The summed E-state index contributed by atoms with van der Waals surface area (Å²) < 4.78 is 11.6. The second-order valence-corrected chi connectivity index (χ2v) is 7.43. The summed E-state index contributed by atoms with van der Waals surface area (Å²) in [5.41, 5.74) is 2.33. The molecule has 0 saturated carbocycles. The first-order valence-electron chi connectivity index (χ1n) is 10.3. The Bertz CT molecular complexity index is 672. The van der Waals surface area contributed by atoms with E-state index in [9.17, 15) is 4.79 Å². The average molecular weight is 382 g/mol. The van der Waals surface area contributed by atoms with Gasteiger partial charge in [0.05, 0.1) is 6.61 Å². The van der Waals surface area contributed by atoms with E-state index in [1.807, 2.05) is 19.1 Å². The molecule has 3 rings (SSSR count). The van der Waals surface area contributed by atoms with Crippen LogP contribution in [0.3, 0.4) is 0 Å². The number of hydrogen-bond acceptors (Lipinski definition) is 4. The van der Waals surface area contributed by atoms with Gasteiger partial charge < -0.3 is 9.47 Å². The second-order valence-electron chi connectivity index (χ2n) is 7.43. The number of carbonyl (C=O) groups is 1. The molecule has 0 aliphatic carbocycles. The summed E-state index contributed by atoms with van der Waals surface area (Å²) in [5, 5.41) is 0. The van der Waals surface area contributed by atoms with Crippen LogP contribution in [0.1, 0.15) is 50.3 Å². The van der Waals surface area contributed by atoms with Gasteiger partial charge in [-0.3, -0.25) is 9.69 Å². The van der Waals surface area contributed by atoms with Gasteiger partial charge in [0.2, 0.25) is 0 Å². The molecule has 0 aromatic heterocycles. The van der Waals surface area contributed by atoms with Gasteiger partial charge in [0.1, 0.15) is 12.3 Å². The quantitative estimate of drug-likeness (QED) is 0.616. The standard InChI is InChI=1S/C24H31NO3/c1-3-27-23(26)18-20-14-16-25(17-15-20)19(2)28-24(21-10-6-4-7-11-21)22-12-8-5-9-13-22/h4-13,19-20,24H,3,14-18H2,1-2H3. The summed E-state index contributed by atoms with van der Waals surface area (Å²) in [4.78, 5) is 14.1. The van der Waals surface area contributed by atoms with Crippen LogP contribution < -0.4 is 0 Å². The lowest BCUT2D eigenvalue weighted by Gasteiger charge is -2.37. The van der Waals surface area contributed by atoms with Gasteiger partial charge in [-0.05, 0) is 43.7 Å². The van der Waals surface area contributed by atoms with Crippen LogP contribution in [0.25, 0.3) is 0 Å². The minimum absolute atomic E-state index is 0.00829. The highest BCUT2D eigenvalue weighted by molar-refractivity contribution is 5.69. The van der Waals surface area contributed by atoms with E-state index in [-0.39, 0.29) is 18.3 Å². The highest BCUT2D eigenvalue weighted by Gasteiger charge is 2.27. The van der Waals surface area contributed by atoms with E-state index in [0.717, 1.165) is 37.1 Å². The molecule has 28 heavy (non-hydrogen) atoms. The third-order valence-electron chi connectivity index (χ3n) is 5.46. The SMILES string of the molecule is CCOC(=O)CC1CCN(C(C)OC(c2ccccc2)c2ccccc2)CC1. The van der Waals surface area contributed by atoms with Crippen LogP contribution >= 0.6 is 0 Å². The molecule has 2 aromatic carbocycles. The topological polar surface area (TPSA) is 38.8 Å². The fourth-order valence-corrected chi connectivity index (χ4v) is 3.86. The first-order valence-corrected chi connectivity index (χ1v) is 10.3. The van der Waals surface area contributed by atoms with Gasteiger partial charge >= 0.3 is 5.97 Å². The van der Waals surface area contributed by atoms with Crippen molar-refractivity contribution < 1.29 is 14.3 Å². The fraction of sp³-hybridized carbons (Fsp3) is 0.458. The molecule has 0 amide bonds. The van der Waals surface area contributed by atoms with Crippen LogP contribution in [-0.4, -0.2) is 36.8 Å². The maximum atomic E-state index is 11.7. The van der Waals surface area contributed by atoms with E-state index in [1.165, 1.54) is 0 Å². The number of hydrogen-bond donors (Lipinski definition) is 0. The van der Waals surface area contributed by atoms with E-state index in [4.69, 9.17) is 9.47 Å². The average Bonchev–Trinajstić information content (AvgIpc) is 2.74. The first kappa shape index (κ1) is 20.6. The third kappa shape index (κ3) is 5.66. The van der Waals surface area contributed by atoms with Crippen molar-refractivity contribution in [2.75, 3.05) is 19.7 Å². The molecular weight excluding hydrogens is 350 g/mol. The molecule has 1 unspecified atom stereocenters. The number of rotatable bonds is 8. The van der Waals surface area contributed by atoms with Gasteiger partial charge in [-0.2, -0.15) is 0 Å². The number of piperidine rings is 1. The molecule has 4 heteroatoms. The molecule has 1 atom stereocenters. The second kappa shape index (κ2) is 10.4. The minimum Gasteiger partial charge on any atom is -0.466 e. The third-order valence-corrected chi connectivity index (χ3v) is 5.46. The Morgan fingerprint density at radius 1 is 1.00 bits per heavy atom. The minimum atomic E-state index is -0.0883. The van der Waals surface area contributed by atoms with E-state index < -0.39 is 0 Å². The van der Waals surface area contributed by atoms with Crippen molar-refractivity contribution in [2.24, 2.45) is 5.92 Å². The van der Waals surface area contributed by atoms with Crippen LogP contribution in [0.4, 0.5) is 0 Å². The number of nitrogens with zero attached hydrogens (tertiary/aromatic N) is 1. The van der Waals surface area contributed by atoms with Gasteiger partial charge in [-0.1, -0.05) is 60.7 Å². The van der Waals surface area contributed by atoms with Crippen molar-refractivity contribution in [1.29, 1.82) is 0 Å². The molecule has 0 N–H and O–H groups in total. The maximum Gasteiger partial charge on any atom is 0.306 e. The molecule has 1 aliphatic heterocycles. The Labute approximate surface area is 168 Å². The van der Waals surface area contributed by atoms with Crippen LogP contribution in [0.15, 0.2) is 60.7 Å². The number of ether oxygens (including phenoxy) is 2. The predicted octanol–water partition coefficient (Wildman–Crippen LogP) is 4.80. The van der Waals surface area contributed by atoms with Crippen molar-refractivity contribution in [1.82, 2.24) is 4.90 Å². The van der Waals surface area contributed by atoms with Gasteiger partial charge in [0, 0.05) is 19.5 Å². The summed E-state index contributed by atoms with van der Waals surface area (Å²) in [5.74, 6) is 0.347. The van der Waals surface area contributed by atoms with Crippen molar-refractivity contribution in [2.45, 2.75) is 45.4 Å². The Kier molecular flexibility index (Phi) is 7.63. The molecular formula is C24H31NO3. The molecule has 1 heterocycles. The molecule has 1 aliphatic rings. The Balaban J connectivity index is 1.60. The summed E-state index contributed by atoms with van der Waals surface area (Å²) in [6.07, 6.45) is 2.47. The molecule has 0 bridgehead atoms. The predicted molar refractivity (Wildman–Crippen MR) is 111 cm³/mol. The van der Waals surface area contributed by atoms with Crippen LogP contribution in [0, 0.1) is 5.92 Å². The smallest absolute Gasteiger partial charge is 0.306 e. The number of esters is 1. The van der Waals surface area contributed by atoms with E-state index in [1.54, 1.807) is 0 Å². The number of likely N-dealkylation sites (tertiary alicyclic amines) is 1. The monoisotopic (exact) mass is 381 g/mol. The largest absolute Gasteiger partial charge is 0.466 e. The molecule has 1 saturated heterocycles. The lowest BCUT2D eigenvalue weighted by atomic mass is 9.93. The summed E-state index contributed by atoms with van der Waals surface area (Å²) >= 11 is 0. The zero-order chi connectivity index (χ0) is 19.8. The van der Waals surface area contributed by atoms with Crippen molar-refractivity contribution in [3.05, 3.63) is 71.8 Å². The molecule has 0 spiro atoms. The van der Waals surface area contributed by atoms with Crippen molar-refractivity contribution in [3.8, 4) is 0 Å². The van der Waals surface area contributed by atoms with Gasteiger partial charge in [-0.25, -0.2) is 0 Å². The summed E-state index contributed by atoms with van der Waals surface area (Å²) in [6, 6.07) is 20.8. The van der Waals surface area contributed by atoms with Gasteiger partial charge in [-0.15, -0.1) is 0 Å². The number of benzene rings is 2. The van der Waals surface area contributed by atoms with Gasteiger partial charge in [0.25, 0.3) is 0 Å². The first-order chi connectivity index (χ1) is 13.7. The molecule has 150 valence electrons. The van der Waals surface area contributed by atoms with Crippen LogP contribution in [0.2, 0.25) is 0 Å². The Morgan fingerprint density at radius 2 is 1.54 bits per heavy atom. The molecule has 1 fully saturated rings. The fourth-order valence-electron chi connectivity index (χ4n) is 3.86. The highest BCUT2D eigenvalue weighted by Crippen LogP contribution is 2.30. The molecule has 2 aromatic rings. The summed E-state index contributed by atoms with van der Waals surface area (Å²) in [6.45, 7) is 6.34. The highest BCUT2D eigenvalue weighted by atomic mass is 16.5. The van der Waals surface area contributed by atoms with E-state index >= 15 is 0 Å². The van der Waals surface area contributed by atoms with Crippen LogP contribution in [0.5, 0.6) is 0 Å². The molecule has 4 nitrogen and oxygen atoms in total. The van der Waals surface area contributed by atoms with Crippen molar-refractivity contribution in [3.63, 3.8) is 0 Å². The summed E-state index contributed by atoms with van der Waals surface area (Å²) in [7, 11) is 0. The van der Waals surface area contributed by atoms with E-state index in [2.05, 4.69) is 60.4 Å².